The van der Waals surface area contributed by atoms with Crippen molar-refractivity contribution in [1.82, 2.24) is 0 Å². The molecule has 0 aromatic heterocycles. The van der Waals surface area contributed by atoms with E-state index >= 15 is 0 Å². The second-order valence-corrected chi connectivity index (χ2v) is 4.52. The number of nitrogens with zero attached hydrogens (tertiary/aromatic N) is 1. The summed E-state index contributed by atoms with van der Waals surface area (Å²) in [5, 5.41) is 13.0. The van der Waals surface area contributed by atoms with Crippen LogP contribution in [0.2, 0.25) is 5.02 Å². The Morgan fingerprint density at radius 1 is 1.29 bits per heavy atom. The Balaban J connectivity index is 2.29. The zero-order valence-corrected chi connectivity index (χ0v) is 11.2. The number of hydrogen-bond donors (Lipinski definition) is 2. The van der Waals surface area contributed by atoms with Crippen LogP contribution in [-0.2, 0) is 0 Å². The standard InChI is InChI=1S/C13H9ClFN3O3/c14-10-3-1-7(5-11(10)15)17-13(19)9-6-8(18(20)21)2-4-12(9)16/h1-6H,16H2,(H,17,19). The number of amides is 1. The predicted octanol–water partition coefficient (Wildman–Crippen LogP) is 3.22. The van der Waals surface area contributed by atoms with Crippen molar-refractivity contribution in [2.24, 2.45) is 0 Å². The molecule has 0 saturated carbocycles. The van der Waals surface area contributed by atoms with E-state index in [0.29, 0.717) is 0 Å². The van der Waals surface area contributed by atoms with E-state index in [-0.39, 0.29) is 27.6 Å². The minimum atomic E-state index is -0.693. The maximum absolute atomic E-state index is 13.3. The SMILES string of the molecule is Nc1ccc([N+](=O)[O-])cc1C(=O)Nc1ccc(Cl)c(F)c1. The normalized spacial score (nSPS) is 10.2. The Hall–Kier alpha value is -2.67. The lowest BCUT2D eigenvalue weighted by Gasteiger charge is -2.08. The van der Waals surface area contributed by atoms with Crippen molar-refractivity contribution in [1.29, 1.82) is 0 Å². The largest absolute Gasteiger partial charge is 0.398 e. The molecule has 0 saturated heterocycles. The smallest absolute Gasteiger partial charge is 0.270 e. The van der Waals surface area contributed by atoms with Crippen molar-refractivity contribution in [3.05, 3.63) is 62.9 Å². The van der Waals surface area contributed by atoms with Crippen LogP contribution < -0.4 is 11.1 Å². The Bertz CT molecular complexity index is 737. The van der Waals surface area contributed by atoms with Crippen molar-refractivity contribution in [2.45, 2.75) is 0 Å². The number of rotatable bonds is 3. The van der Waals surface area contributed by atoms with Gasteiger partial charge in [0.25, 0.3) is 11.6 Å². The van der Waals surface area contributed by atoms with Crippen molar-refractivity contribution in [3.63, 3.8) is 0 Å². The third-order valence-electron chi connectivity index (χ3n) is 2.67. The van der Waals surface area contributed by atoms with Crippen molar-refractivity contribution in [2.75, 3.05) is 11.1 Å². The van der Waals surface area contributed by atoms with Crippen molar-refractivity contribution < 1.29 is 14.1 Å². The molecule has 108 valence electrons. The van der Waals surface area contributed by atoms with Gasteiger partial charge < -0.3 is 11.1 Å². The van der Waals surface area contributed by atoms with E-state index in [1.165, 1.54) is 24.3 Å². The number of nitrogen functional groups attached to an aromatic ring is 1. The van der Waals surface area contributed by atoms with Gasteiger partial charge >= 0.3 is 0 Å². The monoisotopic (exact) mass is 309 g/mol. The summed E-state index contributed by atoms with van der Waals surface area (Å²) in [4.78, 5) is 22.1. The number of hydrogen-bond acceptors (Lipinski definition) is 4. The molecule has 2 aromatic carbocycles. The van der Waals surface area contributed by atoms with Crippen LogP contribution in [0.1, 0.15) is 10.4 Å². The van der Waals surface area contributed by atoms with Gasteiger partial charge in [0.2, 0.25) is 0 Å². The number of nitro groups is 1. The molecule has 3 N–H and O–H groups in total. The van der Waals surface area contributed by atoms with E-state index in [0.717, 1.165) is 12.1 Å². The number of nitro benzene ring substituents is 1. The third kappa shape index (κ3) is 3.26. The van der Waals surface area contributed by atoms with E-state index in [1.54, 1.807) is 0 Å². The van der Waals surface area contributed by atoms with Gasteiger partial charge in [0.05, 0.1) is 15.5 Å². The Morgan fingerprint density at radius 3 is 2.62 bits per heavy atom. The molecule has 0 aliphatic heterocycles. The minimum absolute atomic E-state index is 0.0699. The van der Waals surface area contributed by atoms with Crippen LogP contribution in [0.3, 0.4) is 0 Å². The summed E-state index contributed by atoms with van der Waals surface area (Å²) in [5.74, 6) is -1.38. The highest BCUT2D eigenvalue weighted by Gasteiger charge is 2.16. The summed E-state index contributed by atoms with van der Waals surface area (Å²) in [6.45, 7) is 0. The van der Waals surface area contributed by atoms with Crippen molar-refractivity contribution in [3.8, 4) is 0 Å². The molecule has 0 atom stereocenters. The molecule has 0 aliphatic rings. The molecule has 0 unspecified atom stereocenters. The molecule has 0 radical (unpaired) electrons. The van der Waals surface area contributed by atoms with Gasteiger partial charge in [-0.3, -0.25) is 14.9 Å². The lowest BCUT2D eigenvalue weighted by Crippen LogP contribution is -2.14. The average molecular weight is 310 g/mol. The van der Waals surface area contributed by atoms with E-state index in [9.17, 15) is 19.3 Å². The quantitative estimate of drug-likeness (QED) is 0.516. The Morgan fingerprint density at radius 2 is 2.00 bits per heavy atom. The molecule has 2 rings (SSSR count). The third-order valence-corrected chi connectivity index (χ3v) is 2.98. The maximum atomic E-state index is 13.3. The first-order chi connectivity index (χ1) is 9.88. The Kier molecular flexibility index (Phi) is 4.04. The summed E-state index contributed by atoms with van der Waals surface area (Å²) < 4.78 is 13.3. The highest BCUT2D eigenvalue weighted by Crippen LogP contribution is 2.22. The fourth-order valence-corrected chi connectivity index (χ4v) is 1.74. The molecule has 0 spiro atoms. The number of nitrogens with one attached hydrogen (secondary N) is 1. The van der Waals surface area contributed by atoms with Gasteiger partial charge in [0, 0.05) is 23.5 Å². The van der Waals surface area contributed by atoms with Gasteiger partial charge in [0.1, 0.15) is 5.82 Å². The molecular formula is C13H9ClFN3O3. The van der Waals surface area contributed by atoms with Gasteiger partial charge in [0.15, 0.2) is 0 Å². The van der Waals surface area contributed by atoms with E-state index in [2.05, 4.69) is 5.32 Å². The number of benzene rings is 2. The molecule has 0 heterocycles. The van der Waals surface area contributed by atoms with Crippen LogP contribution in [0.4, 0.5) is 21.5 Å². The topological polar surface area (TPSA) is 98.3 Å². The summed E-state index contributed by atoms with van der Waals surface area (Å²) in [7, 11) is 0. The molecule has 6 nitrogen and oxygen atoms in total. The lowest BCUT2D eigenvalue weighted by molar-refractivity contribution is -0.384. The fourth-order valence-electron chi connectivity index (χ4n) is 1.63. The molecular weight excluding hydrogens is 301 g/mol. The molecule has 21 heavy (non-hydrogen) atoms. The predicted molar refractivity (Wildman–Crippen MR) is 76.9 cm³/mol. The zero-order valence-electron chi connectivity index (χ0n) is 10.5. The number of non-ortho nitro benzene ring substituents is 1. The zero-order chi connectivity index (χ0) is 15.6. The molecule has 8 heteroatoms. The summed E-state index contributed by atoms with van der Waals surface area (Å²) in [6, 6.07) is 7.22. The average Bonchev–Trinajstić information content (AvgIpc) is 2.43. The van der Waals surface area contributed by atoms with E-state index in [4.69, 9.17) is 17.3 Å². The minimum Gasteiger partial charge on any atom is -0.398 e. The second-order valence-electron chi connectivity index (χ2n) is 4.11. The van der Waals surface area contributed by atoms with E-state index < -0.39 is 16.6 Å². The van der Waals surface area contributed by atoms with E-state index in [1.807, 2.05) is 0 Å². The molecule has 0 bridgehead atoms. The van der Waals surface area contributed by atoms with Gasteiger partial charge in [-0.15, -0.1) is 0 Å². The van der Waals surface area contributed by atoms with Crippen LogP contribution in [-0.4, -0.2) is 10.8 Å². The number of anilines is 2. The second kappa shape index (κ2) is 5.76. The van der Waals surface area contributed by atoms with Crippen molar-refractivity contribution >= 4 is 34.6 Å². The van der Waals surface area contributed by atoms with Crippen LogP contribution in [0.15, 0.2) is 36.4 Å². The highest BCUT2D eigenvalue weighted by atomic mass is 35.5. The van der Waals surface area contributed by atoms with Gasteiger partial charge in [-0.1, -0.05) is 11.6 Å². The van der Waals surface area contributed by atoms with Gasteiger partial charge in [-0.05, 0) is 24.3 Å². The highest BCUT2D eigenvalue weighted by molar-refractivity contribution is 6.30. The maximum Gasteiger partial charge on any atom is 0.270 e. The number of nitrogens with two attached hydrogens (primary N) is 1. The molecule has 1 amide bonds. The molecule has 0 fully saturated rings. The summed E-state index contributed by atoms with van der Waals surface area (Å²) in [5.41, 5.74) is 5.52. The number of carbonyl (C=O) groups excluding carboxylic acids is 1. The first-order valence-electron chi connectivity index (χ1n) is 5.69. The Labute approximate surface area is 123 Å². The first kappa shape index (κ1) is 14.7. The molecule has 0 aliphatic carbocycles. The first-order valence-corrected chi connectivity index (χ1v) is 6.06. The van der Waals surface area contributed by atoms with Crippen LogP contribution >= 0.6 is 11.6 Å². The van der Waals surface area contributed by atoms with Gasteiger partial charge in [-0.2, -0.15) is 0 Å². The lowest BCUT2D eigenvalue weighted by atomic mass is 10.1. The summed E-state index contributed by atoms with van der Waals surface area (Å²) >= 11 is 5.53. The summed E-state index contributed by atoms with van der Waals surface area (Å²) in [6.07, 6.45) is 0. The van der Waals surface area contributed by atoms with Gasteiger partial charge in [-0.25, -0.2) is 4.39 Å². The number of halogens is 2. The molecule has 2 aromatic rings. The van der Waals surface area contributed by atoms with Crippen LogP contribution in [0.5, 0.6) is 0 Å². The van der Waals surface area contributed by atoms with Crippen LogP contribution in [0, 0.1) is 15.9 Å². The fraction of sp³-hybridized carbons (Fsp3) is 0. The van der Waals surface area contributed by atoms with Crippen LogP contribution in [0.25, 0.3) is 0 Å². The number of carbonyl (C=O) groups is 1.